The molecule has 5 heteroatoms. The van der Waals surface area contributed by atoms with Crippen molar-refractivity contribution in [2.75, 3.05) is 11.0 Å². The van der Waals surface area contributed by atoms with E-state index in [2.05, 4.69) is 4.72 Å². The number of nitrogens with two attached hydrogens (primary N) is 1. The molecule has 0 atom stereocenters. The van der Waals surface area contributed by atoms with E-state index in [4.69, 9.17) is 5.73 Å². The molecule has 1 rings (SSSR count). The standard InChI is InChI=1S/C8H12N2O2S.C2H6/c1-13(11,12)10-8-4-2-7(6-9)3-5-8;1-2/h2-5,10H,6,9H2,1H3;1-2H3. The van der Waals surface area contributed by atoms with Crippen molar-refractivity contribution in [3.63, 3.8) is 0 Å². The van der Waals surface area contributed by atoms with Gasteiger partial charge in [0.2, 0.25) is 10.0 Å². The Bertz CT molecular complexity index is 371. The monoisotopic (exact) mass is 230 g/mol. The van der Waals surface area contributed by atoms with Gasteiger partial charge in [-0.1, -0.05) is 26.0 Å². The molecule has 0 aromatic heterocycles. The maximum absolute atomic E-state index is 10.8. The van der Waals surface area contributed by atoms with Gasteiger partial charge in [0.05, 0.1) is 6.26 Å². The number of benzene rings is 1. The molecule has 0 saturated carbocycles. The molecule has 0 aliphatic rings. The van der Waals surface area contributed by atoms with Crippen molar-refractivity contribution in [1.82, 2.24) is 0 Å². The third kappa shape index (κ3) is 6.09. The summed E-state index contributed by atoms with van der Waals surface area (Å²) >= 11 is 0. The second kappa shape index (κ2) is 6.42. The van der Waals surface area contributed by atoms with Crippen LogP contribution in [0.5, 0.6) is 0 Å². The third-order valence-corrected chi connectivity index (χ3v) is 2.10. The van der Waals surface area contributed by atoms with Crippen LogP contribution in [0.3, 0.4) is 0 Å². The van der Waals surface area contributed by atoms with E-state index in [1.807, 2.05) is 13.8 Å². The van der Waals surface area contributed by atoms with Crippen molar-refractivity contribution in [2.45, 2.75) is 20.4 Å². The molecule has 0 spiro atoms. The number of hydrogen-bond acceptors (Lipinski definition) is 3. The molecule has 0 saturated heterocycles. The van der Waals surface area contributed by atoms with Crippen LogP contribution in [-0.2, 0) is 16.6 Å². The zero-order chi connectivity index (χ0) is 11.9. The molecule has 0 aliphatic carbocycles. The molecular formula is C10H18N2O2S. The number of anilines is 1. The molecule has 0 bridgehead atoms. The molecule has 1 aromatic carbocycles. The van der Waals surface area contributed by atoms with E-state index in [1.165, 1.54) is 0 Å². The van der Waals surface area contributed by atoms with Gasteiger partial charge in [-0.05, 0) is 17.7 Å². The van der Waals surface area contributed by atoms with Crippen molar-refractivity contribution in [2.24, 2.45) is 5.73 Å². The Kier molecular flexibility index (Phi) is 5.96. The predicted octanol–water partition coefficient (Wildman–Crippen LogP) is 1.54. The Morgan fingerprint density at radius 2 is 1.67 bits per heavy atom. The second-order valence-corrected chi connectivity index (χ2v) is 4.52. The second-order valence-electron chi connectivity index (χ2n) is 2.78. The van der Waals surface area contributed by atoms with Crippen molar-refractivity contribution in [3.8, 4) is 0 Å². The summed E-state index contributed by atoms with van der Waals surface area (Å²) in [6.07, 6.45) is 1.11. The van der Waals surface area contributed by atoms with Crippen LogP contribution in [0.25, 0.3) is 0 Å². The molecular weight excluding hydrogens is 212 g/mol. The van der Waals surface area contributed by atoms with Crippen molar-refractivity contribution >= 4 is 15.7 Å². The van der Waals surface area contributed by atoms with Gasteiger partial charge in [0.1, 0.15) is 0 Å². The average molecular weight is 230 g/mol. The summed E-state index contributed by atoms with van der Waals surface area (Å²) in [6, 6.07) is 6.94. The first kappa shape index (κ1) is 13.9. The molecule has 0 unspecified atom stereocenters. The number of rotatable bonds is 3. The summed E-state index contributed by atoms with van der Waals surface area (Å²) in [5, 5.41) is 0. The molecule has 15 heavy (non-hydrogen) atoms. The van der Waals surface area contributed by atoms with Crippen LogP contribution in [0, 0.1) is 0 Å². The smallest absolute Gasteiger partial charge is 0.229 e. The van der Waals surface area contributed by atoms with Crippen LogP contribution in [0.1, 0.15) is 19.4 Å². The van der Waals surface area contributed by atoms with Crippen LogP contribution < -0.4 is 10.5 Å². The minimum absolute atomic E-state index is 0.457. The first-order valence-electron chi connectivity index (χ1n) is 4.78. The molecule has 0 radical (unpaired) electrons. The number of hydrogen-bond donors (Lipinski definition) is 2. The van der Waals surface area contributed by atoms with Gasteiger partial charge in [-0.2, -0.15) is 0 Å². The molecule has 1 aromatic rings. The van der Waals surface area contributed by atoms with Crippen LogP contribution in [0.2, 0.25) is 0 Å². The van der Waals surface area contributed by atoms with Crippen molar-refractivity contribution in [3.05, 3.63) is 29.8 Å². The predicted molar refractivity (Wildman–Crippen MR) is 64.1 cm³/mol. The van der Waals surface area contributed by atoms with Gasteiger partial charge in [-0.15, -0.1) is 0 Å². The van der Waals surface area contributed by atoms with Gasteiger partial charge in [-0.25, -0.2) is 8.42 Å². The zero-order valence-electron chi connectivity index (χ0n) is 9.32. The summed E-state index contributed by atoms with van der Waals surface area (Å²) in [6.45, 7) is 4.46. The lowest BCUT2D eigenvalue weighted by molar-refractivity contribution is 0.607. The maximum atomic E-state index is 10.8. The van der Waals surface area contributed by atoms with E-state index in [1.54, 1.807) is 24.3 Å². The third-order valence-electron chi connectivity index (χ3n) is 1.49. The highest BCUT2D eigenvalue weighted by Gasteiger charge is 2.00. The Morgan fingerprint density at radius 3 is 2.00 bits per heavy atom. The fraction of sp³-hybridized carbons (Fsp3) is 0.400. The zero-order valence-corrected chi connectivity index (χ0v) is 10.1. The van der Waals surface area contributed by atoms with E-state index in [9.17, 15) is 8.42 Å². The fourth-order valence-electron chi connectivity index (χ4n) is 0.923. The van der Waals surface area contributed by atoms with E-state index in [0.717, 1.165) is 11.8 Å². The van der Waals surface area contributed by atoms with Crippen molar-refractivity contribution < 1.29 is 8.42 Å². The summed E-state index contributed by atoms with van der Waals surface area (Å²) in [7, 11) is -3.18. The highest BCUT2D eigenvalue weighted by molar-refractivity contribution is 7.92. The van der Waals surface area contributed by atoms with Crippen LogP contribution in [0.15, 0.2) is 24.3 Å². The Labute approximate surface area is 91.5 Å². The molecule has 86 valence electrons. The van der Waals surface area contributed by atoms with Crippen LogP contribution in [-0.4, -0.2) is 14.7 Å². The minimum Gasteiger partial charge on any atom is -0.326 e. The highest BCUT2D eigenvalue weighted by atomic mass is 32.2. The summed E-state index contributed by atoms with van der Waals surface area (Å²) < 4.78 is 24.0. The molecule has 0 aliphatic heterocycles. The molecule has 3 N–H and O–H groups in total. The van der Waals surface area contributed by atoms with Crippen LogP contribution >= 0.6 is 0 Å². The first-order chi connectivity index (χ1) is 7.01. The Morgan fingerprint density at radius 1 is 1.20 bits per heavy atom. The van der Waals surface area contributed by atoms with E-state index in [0.29, 0.717) is 12.2 Å². The average Bonchev–Trinajstić information content (AvgIpc) is 2.20. The van der Waals surface area contributed by atoms with E-state index >= 15 is 0 Å². The largest absolute Gasteiger partial charge is 0.326 e. The highest BCUT2D eigenvalue weighted by Crippen LogP contribution is 2.09. The Hall–Kier alpha value is -1.07. The summed E-state index contributed by atoms with van der Waals surface area (Å²) in [5.41, 5.74) is 6.92. The minimum atomic E-state index is -3.18. The maximum Gasteiger partial charge on any atom is 0.229 e. The molecule has 0 amide bonds. The Balaban J connectivity index is 0.000000921. The molecule has 0 fully saturated rings. The SMILES string of the molecule is CC.CS(=O)(=O)Nc1ccc(CN)cc1. The van der Waals surface area contributed by atoms with Crippen molar-refractivity contribution in [1.29, 1.82) is 0 Å². The quantitative estimate of drug-likeness (QED) is 0.827. The van der Waals surface area contributed by atoms with E-state index < -0.39 is 10.0 Å². The molecule has 0 heterocycles. The normalized spacial score (nSPS) is 10.1. The van der Waals surface area contributed by atoms with Gasteiger partial charge >= 0.3 is 0 Å². The topological polar surface area (TPSA) is 72.2 Å². The van der Waals surface area contributed by atoms with Crippen LogP contribution in [0.4, 0.5) is 5.69 Å². The van der Waals surface area contributed by atoms with Gasteiger partial charge in [-0.3, -0.25) is 4.72 Å². The first-order valence-corrected chi connectivity index (χ1v) is 6.67. The summed E-state index contributed by atoms with van der Waals surface area (Å²) in [4.78, 5) is 0. The van der Waals surface area contributed by atoms with Gasteiger partial charge in [0.15, 0.2) is 0 Å². The van der Waals surface area contributed by atoms with E-state index in [-0.39, 0.29) is 0 Å². The van der Waals surface area contributed by atoms with Gasteiger partial charge < -0.3 is 5.73 Å². The number of sulfonamides is 1. The van der Waals surface area contributed by atoms with Gasteiger partial charge in [0.25, 0.3) is 0 Å². The number of nitrogens with one attached hydrogen (secondary N) is 1. The summed E-state index contributed by atoms with van der Waals surface area (Å²) in [5.74, 6) is 0. The lowest BCUT2D eigenvalue weighted by atomic mass is 10.2. The molecule has 4 nitrogen and oxygen atoms in total. The van der Waals surface area contributed by atoms with Gasteiger partial charge in [0, 0.05) is 12.2 Å². The fourth-order valence-corrected chi connectivity index (χ4v) is 1.49. The lowest BCUT2D eigenvalue weighted by Gasteiger charge is -2.03. The lowest BCUT2D eigenvalue weighted by Crippen LogP contribution is -2.09.